The summed E-state index contributed by atoms with van der Waals surface area (Å²) in [4.78, 5) is 14.9. The first-order valence-electron chi connectivity index (χ1n) is 5.52. The van der Waals surface area contributed by atoms with E-state index in [-0.39, 0.29) is 5.78 Å². The van der Waals surface area contributed by atoms with Crippen molar-refractivity contribution < 1.29 is 4.79 Å². The number of hydrogen-bond acceptors (Lipinski definition) is 3. The Morgan fingerprint density at radius 1 is 1.62 bits per heavy atom. The summed E-state index contributed by atoms with van der Waals surface area (Å²) in [5, 5.41) is 1.94. The first-order chi connectivity index (χ1) is 7.56. The number of carbonyl (C=O) groups is 1. The van der Waals surface area contributed by atoms with E-state index in [1.807, 2.05) is 18.5 Å². The van der Waals surface area contributed by atoms with Crippen molar-refractivity contribution in [2.24, 2.45) is 0 Å². The lowest BCUT2D eigenvalue weighted by Crippen LogP contribution is -2.33. The maximum Gasteiger partial charge on any atom is 0.187 e. The smallest absolute Gasteiger partial charge is 0.187 e. The molecule has 0 N–H and O–H groups in total. The third-order valence-corrected chi connectivity index (χ3v) is 4.60. The van der Waals surface area contributed by atoms with Crippen molar-refractivity contribution in [3.05, 3.63) is 20.8 Å². The quantitative estimate of drug-likeness (QED) is 0.745. The van der Waals surface area contributed by atoms with Crippen LogP contribution in [0, 0.1) is 0 Å². The molecule has 0 amide bonds. The Balaban J connectivity index is 2.55. The van der Waals surface area contributed by atoms with Crippen molar-refractivity contribution in [3.8, 4) is 0 Å². The zero-order valence-corrected chi connectivity index (χ0v) is 12.4. The van der Waals surface area contributed by atoms with Crippen LogP contribution in [0.15, 0.2) is 15.9 Å². The van der Waals surface area contributed by atoms with Gasteiger partial charge >= 0.3 is 0 Å². The van der Waals surface area contributed by atoms with Gasteiger partial charge in [-0.25, -0.2) is 0 Å². The molecule has 0 fully saturated rings. The highest BCUT2D eigenvalue weighted by molar-refractivity contribution is 9.10. The third kappa shape index (κ3) is 3.68. The van der Waals surface area contributed by atoms with Crippen molar-refractivity contribution in [2.45, 2.75) is 32.7 Å². The summed E-state index contributed by atoms with van der Waals surface area (Å²) < 4.78 is 0.916. The number of ketones is 1. The molecule has 1 heterocycles. The van der Waals surface area contributed by atoms with Crippen LogP contribution in [0.3, 0.4) is 0 Å². The van der Waals surface area contributed by atoms with Gasteiger partial charge in [0, 0.05) is 10.5 Å². The Morgan fingerprint density at radius 3 is 2.81 bits per heavy atom. The molecular formula is C12H18BrNOS. The summed E-state index contributed by atoms with van der Waals surface area (Å²) in [7, 11) is 2.01. The number of nitrogens with zero attached hydrogens (tertiary/aromatic N) is 1. The lowest BCUT2D eigenvalue weighted by molar-refractivity contribution is 0.0924. The van der Waals surface area contributed by atoms with E-state index in [1.54, 1.807) is 0 Å². The molecule has 16 heavy (non-hydrogen) atoms. The van der Waals surface area contributed by atoms with Gasteiger partial charge in [0.25, 0.3) is 0 Å². The van der Waals surface area contributed by atoms with E-state index >= 15 is 0 Å². The number of rotatable bonds is 6. The Kier molecular flexibility index (Phi) is 5.66. The normalized spacial score (nSPS) is 13.1. The summed E-state index contributed by atoms with van der Waals surface area (Å²) in [5.74, 6) is 0.201. The van der Waals surface area contributed by atoms with Gasteiger partial charge in [-0.2, -0.15) is 0 Å². The molecule has 0 bridgehead atoms. The van der Waals surface area contributed by atoms with Crippen LogP contribution in [0.1, 0.15) is 36.4 Å². The van der Waals surface area contributed by atoms with Gasteiger partial charge in [0.05, 0.1) is 11.4 Å². The lowest BCUT2D eigenvalue weighted by Gasteiger charge is -2.23. The molecule has 0 saturated carbocycles. The van der Waals surface area contributed by atoms with Gasteiger partial charge in [0.15, 0.2) is 5.78 Å². The highest BCUT2D eigenvalue weighted by Crippen LogP contribution is 2.23. The number of carbonyl (C=O) groups excluding carboxylic acids is 1. The first-order valence-corrected chi connectivity index (χ1v) is 7.20. The van der Waals surface area contributed by atoms with Crippen molar-refractivity contribution >= 4 is 33.0 Å². The van der Waals surface area contributed by atoms with Crippen molar-refractivity contribution in [3.63, 3.8) is 0 Å². The van der Waals surface area contributed by atoms with Crippen LogP contribution >= 0.6 is 27.3 Å². The average Bonchev–Trinajstić information content (AvgIpc) is 2.64. The van der Waals surface area contributed by atoms with Crippen LogP contribution in [0.25, 0.3) is 0 Å². The molecule has 0 aliphatic rings. The van der Waals surface area contributed by atoms with Crippen molar-refractivity contribution in [2.75, 3.05) is 13.6 Å². The maximum atomic E-state index is 12.0. The Bertz CT molecular complexity index is 351. The molecule has 2 nitrogen and oxygen atoms in total. The summed E-state index contributed by atoms with van der Waals surface area (Å²) in [6, 6.07) is 2.39. The lowest BCUT2D eigenvalue weighted by atomic mass is 10.1. The molecule has 0 saturated heterocycles. The number of hydrogen-bond donors (Lipinski definition) is 0. The van der Waals surface area contributed by atoms with E-state index in [2.05, 4.69) is 34.7 Å². The summed E-state index contributed by atoms with van der Waals surface area (Å²) in [6.45, 7) is 4.84. The molecule has 1 unspecified atom stereocenters. The van der Waals surface area contributed by atoms with Gasteiger partial charge in [0.2, 0.25) is 0 Å². The van der Waals surface area contributed by atoms with Gasteiger partial charge in [-0.15, -0.1) is 11.3 Å². The van der Waals surface area contributed by atoms with Crippen LogP contribution < -0.4 is 0 Å². The molecule has 90 valence electrons. The molecule has 0 aliphatic carbocycles. The minimum absolute atomic E-state index is 0.201. The SMILES string of the molecule is CCCC(C)N(C)CC(=O)c1sccc1Br. The maximum absolute atomic E-state index is 12.0. The largest absolute Gasteiger partial charge is 0.296 e. The third-order valence-electron chi connectivity index (χ3n) is 2.72. The minimum atomic E-state index is 0.201. The second-order valence-electron chi connectivity index (χ2n) is 4.07. The van der Waals surface area contributed by atoms with E-state index in [0.717, 1.165) is 22.2 Å². The Morgan fingerprint density at radius 2 is 2.31 bits per heavy atom. The van der Waals surface area contributed by atoms with E-state index in [4.69, 9.17) is 0 Å². The predicted octanol–water partition coefficient (Wildman–Crippen LogP) is 3.81. The molecule has 0 radical (unpaired) electrons. The topological polar surface area (TPSA) is 20.3 Å². The Labute approximate surface area is 110 Å². The van der Waals surface area contributed by atoms with E-state index in [9.17, 15) is 4.79 Å². The second kappa shape index (κ2) is 6.52. The molecule has 0 aliphatic heterocycles. The summed E-state index contributed by atoms with van der Waals surface area (Å²) >= 11 is 4.90. The molecule has 0 aromatic carbocycles. The molecule has 1 aromatic heterocycles. The van der Waals surface area contributed by atoms with E-state index in [1.165, 1.54) is 11.3 Å². The fourth-order valence-corrected chi connectivity index (χ4v) is 3.11. The first kappa shape index (κ1) is 13.9. The molecule has 0 spiro atoms. The van der Waals surface area contributed by atoms with Crippen LogP contribution in [0.4, 0.5) is 0 Å². The molecule has 1 rings (SSSR count). The monoisotopic (exact) mass is 303 g/mol. The van der Waals surface area contributed by atoms with Crippen LogP contribution in [-0.2, 0) is 0 Å². The van der Waals surface area contributed by atoms with Crippen molar-refractivity contribution in [1.29, 1.82) is 0 Å². The van der Waals surface area contributed by atoms with E-state index in [0.29, 0.717) is 12.6 Å². The number of Topliss-reactive ketones (excluding diaryl/α,β-unsaturated/α-hetero) is 1. The zero-order valence-electron chi connectivity index (χ0n) is 10.00. The minimum Gasteiger partial charge on any atom is -0.296 e. The van der Waals surface area contributed by atoms with Crippen LogP contribution in [0.2, 0.25) is 0 Å². The second-order valence-corrected chi connectivity index (χ2v) is 5.84. The fourth-order valence-electron chi connectivity index (χ4n) is 1.59. The van der Waals surface area contributed by atoms with Gasteiger partial charge in [-0.1, -0.05) is 13.3 Å². The average molecular weight is 304 g/mol. The molecular weight excluding hydrogens is 286 g/mol. The number of thiophene rings is 1. The number of halogens is 1. The highest BCUT2D eigenvalue weighted by Gasteiger charge is 2.16. The molecule has 4 heteroatoms. The molecule has 1 atom stereocenters. The predicted molar refractivity (Wildman–Crippen MR) is 73.3 cm³/mol. The standard InChI is InChI=1S/C12H18BrNOS/c1-4-5-9(2)14(3)8-11(15)12-10(13)6-7-16-12/h6-7,9H,4-5,8H2,1-3H3. The molecule has 1 aromatic rings. The summed E-state index contributed by atoms with van der Waals surface area (Å²) in [6.07, 6.45) is 2.29. The zero-order chi connectivity index (χ0) is 12.1. The van der Waals surface area contributed by atoms with Crippen molar-refractivity contribution in [1.82, 2.24) is 4.90 Å². The van der Waals surface area contributed by atoms with E-state index < -0.39 is 0 Å². The van der Waals surface area contributed by atoms with Gasteiger partial charge < -0.3 is 0 Å². The van der Waals surface area contributed by atoms with Crippen LogP contribution in [-0.4, -0.2) is 30.3 Å². The Hall–Kier alpha value is -0.190. The van der Waals surface area contributed by atoms with Gasteiger partial charge in [-0.05, 0) is 47.8 Å². The summed E-state index contributed by atoms with van der Waals surface area (Å²) in [5.41, 5.74) is 0. The van der Waals surface area contributed by atoms with Gasteiger partial charge in [-0.3, -0.25) is 9.69 Å². The van der Waals surface area contributed by atoms with Crippen LogP contribution in [0.5, 0.6) is 0 Å². The fraction of sp³-hybridized carbons (Fsp3) is 0.583. The van der Waals surface area contributed by atoms with Gasteiger partial charge in [0.1, 0.15) is 0 Å². The number of likely N-dealkylation sites (N-methyl/N-ethyl adjacent to an activating group) is 1. The highest BCUT2D eigenvalue weighted by atomic mass is 79.9.